The zero-order valence-electron chi connectivity index (χ0n) is 12.9. The Morgan fingerprint density at radius 3 is 2.59 bits per heavy atom. The molecule has 0 unspecified atom stereocenters. The molecule has 1 aromatic carbocycles. The second-order valence-electron chi connectivity index (χ2n) is 4.99. The summed E-state index contributed by atoms with van der Waals surface area (Å²) in [5.74, 6) is -0.0542. The first-order chi connectivity index (χ1) is 10.3. The third kappa shape index (κ3) is 6.46. The summed E-state index contributed by atoms with van der Waals surface area (Å²) in [5.41, 5.74) is 0. The van der Waals surface area contributed by atoms with Crippen LogP contribution in [-0.2, 0) is 9.59 Å². The van der Waals surface area contributed by atoms with Crippen molar-refractivity contribution in [2.24, 2.45) is 0 Å². The number of likely N-dealkylation sites (N-methyl/N-ethyl adjacent to an activating group) is 1. The Hall–Kier alpha value is -0.910. The third-order valence-corrected chi connectivity index (χ3v) is 4.48. The third-order valence-electron chi connectivity index (χ3n) is 2.76. The lowest BCUT2D eigenvalue weighted by Crippen LogP contribution is -2.43. The fourth-order valence-corrected chi connectivity index (χ4v) is 3.13. The second-order valence-corrected chi connectivity index (χ2v) is 6.85. The number of rotatable bonds is 7. The highest BCUT2D eigenvalue weighted by atomic mass is 35.5. The SMILES string of the molecule is CCN(CC(=O)NC(C)C)C(=O)CSc1cc(Cl)ccc1Cl. The fraction of sp³-hybridized carbons (Fsp3) is 0.467. The smallest absolute Gasteiger partial charge is 0.239 e. The zero-order valence-corrected chi connectivity index (χ0v) is 15.2. The molecule has 0 saturated heterocycles. The van der Waals surface area contributed by atoms with E-state index in [0.717, 1.165) is 4.90 Å². The standard InChI is InChI=1S/C15H20Cl2N2O2S/c1-4-19(8-14(20)18-10(2)3)15(21)9-22-13-7-11(16)5-6-12(13)17/h5-7,10H,4,8-9H2,1-3H3,(H,18,20). The van der Waals surface area contributed by atoms with E-state index < -0.39 is 0 Å². The van der Waals surface area contributed by atoms with Gasteiger partial charge in [-0.25, -0.2) is 0 Å². The van der Waals surface area contributed by atoms with E-state index in [9.17, 15) is 9.59 Å². The summed E-state index contributed by atoms with van der Waals surface area (Å²) >= 11 is 13.3. The van der Waals surface area contributed by atoms with Crippen LogP contribution < -0.4 is 5.32 Å². The summed E-state index contributed by atoms with van der Waals surface area (Å²) in [6.07, 6.45) is 0. The molecule has 4 nitrogen and oxygen atoms in total. The van der Waals surface area contributed by atoms with Gasteiger partial charge in [0.1, 0.15) is 0 Å². The number of carbonyl (C=O) groups excluding carboxylic acids is 2. The van der Waals surface area contributed by atoms with Crippen LogP contribution in [-0.4, -0.2) is 41.6 Å². The second kappa shape index (κ2) is 9.28. The maximum Gasteiger partial charge on any atom is 0.239 e. The Morgan fingerprint density at radius 2 is 2.00 bits per heavy atom. The van der Waals surface area contributed by atoms with Crippen LogP contribution in [0.5, 0.6) is 0 Å². The van der Waals surface area contributed by atoms with Gasteiger partial charge in [0.05, 0.1) is 17.3 Å². The molecule has 0 aliphatic carbocycles. The predicted octanol–water partition coefficient (Wildman–Crippen LogP) is 3.46. The lowest BCUT2D eigenvalue weighted by atomic mass is 10.3. The summed E-state index contributed by atoms with van der Waals surface area (Å²) in [6.45, 7) is 6.16. The fourth-order valence-electron chi connectivity index (χ4n) is 1.74. The van der Waals surface area contributed by atoms with Gasteiger partial charge < -0.3 is 10.2 Å². The Morgan fingerprint density at radius 1 is 1.32 bits per heavy atom. The van der Waals surface area contributed by atoms with Gasteiger partial charge in [-0.1, -0.05) is 23.2 Å². The van der Waals surface area contributed by atoms with Gasteiger partial charge in [0, 0.05) is 22.5 Å². The molecular formula is C15H20Cl2N2O2S. The van der Waals surface area contributed by atoms with Crippen molar-refractivity contribution >= 4 is 46.8 Å². The minimum Gasteiger partial charge on any atom is -0.352 e. The van der Waals surface area contributed by atoms with E-state index in [2.05, 4.69) is 5.32 Å². The van der Waals surface area contributed by atoms with Crippen LogP contribution in [0.25, 0.3) is 0 Å². The van der Waals surface area contributed by atoms with E-state index in [1.807, 2.05) is 20.8 Å². The van der Waals surface area contributed by atoms with Gasteiger partial charge >= 0.3 is 0 Å². The summed E-state index contributed by atoms with van der Waals surface area (Å²) in [4.78, 5) is 26.2. The Labute approximate surface area is 145 Å². The van der Waals surface area contributed by atoms with Crippen molar-refractivity contribution in [3.05, 3.63) is 28.2 Å². The first-order valence-electron chi connectivity index (χ1n) is 6.98. The molecule has 0 bridgehead atoms. The highest BCUT2D eigenvalue weighted by molar-refractivity contribution is 8.00. The number of nitrogens with one attached hydrogen (secondary N) is 1. The summed E-state index contributed by atoms with van der Waals surface area (Å²) in [7, 11) is 0. The van der Waals surface area contributed by atoms with Gasteiger partial charge in [0.25, 0.3) is 0 Å². The van der Waals surface area contributed by atoms with Gasteiger partial charge in [-0.3, -0.25) is 9.59 Å². The lowest BCUT2D eigenvalue weighted by Gasteiger charge is -2.21. The van der Waals surface area contributed by atoms with E-state index in [4.69, 9.17) is 23.2 Å². The minimum atomic E-state index is -0.156. The van der Waals surface area contributed by atoms with Crippen molar-refractivity contribution in [2.45, 2.75) is 31.7 Å². The molecule has 0 aliphatic heterocycles. The van der Waals surface area contributed by atoms with Crippen molar-refractivity contribution in [2.75, 3.05) is 18.8 Å². The van der Waals surface area contributed by atoms with Crippen molar-refractivity contribution in [1.29, 1.82) is 0 Å². The molecule has 1 rings (SSSR count). The summed E-state index contributed by atoms with van der Waals surface area (Å²) in [5, 5.41) is 3.90. The number of benzene rings is 1. The van der Waals surface area contributed by atoms with E-state index in [1.54, 1.807) is 18.2 Å². The van der Waals surface area contributed by atoms with Crippen molar-refractivity contribution in [1.82, 2.24) is 10.2 Å². The molecule has 22 heavy (non-hydrogen) atoms. The van der Waals surface area contributed by atoms with Crippen molar-refractivity contribution < 1.29 is 9.59 Å². The van der Waals surface area contributed by atoms with Crippen LogP contribution in [0.3, 0.4) is 0 Å². The quantitative estimate of drug-likeness (QED) is 0.755. The van der Waals surface area contributed by atoms with E-state index in [0.29, 0.717) is 16.6 Å². The normalized spacial score (nSPS) is 10.6. The van der Waals surface area contributed by atoms with Crippen LogP contribution >= 0.6 is 35.0 Å². The molecule has 7 heteroatoms. The van der Waals surface area contributed by atoms with Crippen LogP contribution in [0, 0.1) is 0 Å². The molecule has 0 radical (unpaired) electrons. The number of thioether (sulfide) groups is 1. The number of amides is 2. The molecule has 0 atom stereocenters. The number of nitrogens with zero attached hydrogens (tertiary/aromatic N) is 1. The topological polar surface area (TPSA) is 49.4 Å². The molecule has 1 aromatic rings. The Kier molecular flexibility index (Phi) is 8.07. The van der Waals surface area contributed by atoms with E-state index >= 15 is 0 Å². The number of hydrogen-bond donors (Lipinski definition) is 1. The maximum absolute atomic E-state index is 12.2. The van der Waals surface area contributed by atoms with Crippen LogP contribution in [0.4, 0.5) is 0 Å². The van der Waals surface area contributed by atoms with Gasteiger partial charge in [-0.2, -0.15) is 0 Å². The summed E-state index contributed by atoms with van der Waals surface area (Å²) in [6, 6.07) is 5.18. The molecule has 0 spiro atoms. The van der Waals surface area contributed by atoms with Crippen LogP contribution in [0.15, 0.2) is 23.1 Å². The van der Waals surface area contributed by atoms with Crippen LogP contribution in [0.1, 0.15) is 20.8 Å². The monoisotopic (exact) mass is 362 g/mol. The molecular weight excluding hydrogens is 343 g/mol. The molecule has 122 valence electrons. The lowest BCUT2D eigenvalue weighted by molar-refractivity contribution is -0.134. The Bertz CT molecular complexity index is 538. The molecule has 0 saturated carbocycles. The number of carbonyl (C=O) groups is 2. The Balaban J connectivity index is 2.58. The maximum atomic E-state index is 12.2. The number of hydrogen-bond acceptors (Lipinski definition) is 3. The molecule has 0 aliphatic rings. The zero-order chi connectivity index (χ0) is 16.7. The highest BCUT2D eigenvalue weighted by Gasteiger charge is 2.16. The van der Waals surface area contributed by atoms with E-state index in [1.165, 1.54) is 16.7 Å². The van der Waals surface area contributed by atoms with Gasteiger partial charge in [0.2, 0.25) is 11.8 Å². The molecule has 0 fully saturated rings. The van der Waals surface area contributed by atoms with Gasteiger partial charge in [-0.15, -0.1) is 11.8 Å². The van der Waals surface area contributed by atoms with Gasteiger partial charge in [-0.05, 0) is 39.0 Å². The first kappa shape index (κ1) is 19.1. The van der Waals surface area contributed by atoms with Crippen molar-refractivity contribution in [3.8, 4) is 0 Å². The highest BCUT2D eigenvalue weighted by Crippen LogP contribution is 2.29. The molecule has 0 aromatic heterocycles. The number of halogens is 2. The average molecular weight is 363 g/mol. The predicted molar refractivity (Wildman–Crippen MR) is 92.7 cm³/mol. The summed E-state index contributed by atoms with van der Waals surface area (Å²) < 4.78 is 0. The molecule has 2 amide bonds. The average Bonchev–Trinajstić information content (AvgIpc) is 2.44. The van der Waals surface area contributed by atoms with Gasteiger partial charge in [0.15, 0.2) is 0 Å². The largest absolute Gasteiger partial charge is 0.352 e. The molecule has 1 N–H and O–H groups in total. The van der Waals surface area contributed by atoms with Crippen molar-refractivity contribution in [3.63, 3.8) is 0 Å². The van der Waals surface area contributed by atoms with Crippen LogP contribution in [0.2, 0.25) is 10.0 Å². The van der Waals surface area contributed by atoms with E-state index in [-0.39, 0.29) is 30.2 Å². The first-order valence-corrected chi connectivity index (χ1v) is 8.72. The molecule has 0 heterocycles. The minimum absolute atomic E-state index is 0.0564.